The SMILES string of the molecule is COc1ccc2c(c1)cc(C)n2Cc1ccc(CO[C@H](C)C(=O)N2CCOCC2)cc1. The first kappa shape index (κ1) is 21.4. The van der Waals surface area contributed by atoms with Crippen LogP contribution in [0.2, 0.25) is 0 Å². The summed E-state index contributed by atoms with van der Waals surface area (Å²) in [6.45, 7) is 7.65. The predicted octanol–water partition coefficient (Wildman–Crippen LogP) is 3.77. The summed E-state index contributed by atoms with van der Waals surface area (Å²) in [6, 6.07) is 16.8. The topological polar surface area (TPSA) is 52.9 Å². The lowest BCUT2D eigenvalue weighted by Gasteiger charge is -2.29. The van der Waals surface area contributed by atoms with Crippen LogP contribution in [-0.4, -0.2) is 54.9 Å². The van der Waals surface area contributed by atoms with Gasteiger partial charge in [-0.1, -0.05) is 24.3 Å². The molecule has 6 heteroatoms. The Kier molecular flexibility index (Phi) is 6.59. The third-order valence-corrected chi connectivity index (χ3v) is 5.85. The molecule has 1 aliphatic heterocycles. The van der Waals surface area contributed by atoms with E-state index in [-0.39, 0.29) is 5.91 Å². The molecule has 0 bridgehead atoms. The molecule has 4 rings (SSSR count). The Bertz CT molecular complexity index is 1040. The molecule has 0 spiro atoms. The fourth-order valence-electron chi connectivity index (χ4n) is 3.98. The average Bonchev–Trinajstić information content (AvgIpc) is 3.12. The molecule has 1 atom stereocenters. The van der Waals surface area contributed by atoms with E-state index in [0.29, 0.717) is 32.9 Å². The number of hydrogen-bond donors (Lipinski definition) is 0. The monoisotopic (exact) mass is 422 g/mol. The Morgan fingerprint density at radius 2 is 1.77 bits per heavy atom. The molecule has 1 saturated heterocycles. The van der Waals surface area contributed by atoms with E-state index in [0.717, 1.165) is 17.9 Å². The normalized spacial score (nSPS) is 15.3. The van der Waals surface area contributed by atoms with Gasteiger partial charge in [-0.25, -0.2) is 0 Å². The highest BCUT2D eigenvalue weighted by atomic mass is 16.5. The quantitative estimate of drug-likeness (QED) is 0.582. The second kappa shape index (κ2) is 9.54. The minimum Gasteiger partial charge on any atom is -0.497 e. The Hall–Kier alpha value is -2.83. The maximum absolute atomic E-state index is 12.5. The van der Waals surface area contributed by atoms with Crippen molar-refractivity contribution in [3.63, 3.8) is 0 Å². The van der Waals surface area contributed by atoms with Gasteiger partial charge in [-0.2, -0.15) is 0 Å². The summed E-state index contributed by atoms with van der Waals surface area (Å²) in [4.78, 5) is 14.3. The van der Waals surface area contributed by atoms with Gasteiger partial charge in [-0.15, -0.1) is 0 Å². The molecule has 3 aromatic rings. The van der Waals surface area contributed by atoms with Gasteiger partial charge in [-0.05, 0) is 49.2 Å². The van der Waals surface area contributed by atoms with Crippen LogP contribution in [0.4, 0.5) is 0 Å². The highest BCUT2D eigenvalue weighted by molar-refractivity contribution is 5.83. The summed E-state index contributed by atoms with van der Waals surface area (Å²) in [5, 5.41) is 1.18. The Morgan fingerprint density at radius 3 is 2.48 bits per heavy atom. The number of amides is 1. The molecule has 1 aromatic heterocycles. The molecule has 2 heterocycles. The first-order chi connectivity index (χ1) is 15.0. The van der Waals surface area contributed by atoms with E-state index < -0.39 is 6.10 Å². The molecular formula is C25H30N2O4. The standard InChI is InChI=1S/C25H30N2O4/c1-18-14-22-15-23(29-3)8-9-24(22)27(18)16-20-4-6-21(7-5-20)17-31-19(2)25(28)26-10-12-30-13-11-26/h4-9,14-15,19H,10-13,16-17H2,1-3H3/t19-/m1/s1. The highest BCUT2D eigenvalue weighted by Crippen LogP contribution is 2.25. The van der Waals surface area contributed by atoms with Crippen LogP contribution in [0.3, 0.4) is 0 Å². The van der Waals surface area contributed by atoms with Crippen molar-refractivity contribution in [3.8, 4) is 5.75 Å². The van der Waals surface area contributed by atoms with Crippen LogP contribution in [0, 0.1) is 6.92 Å². The number of benzene rings is 2. The third kappa shape index (κ3) is 4.92. The average molecular weight is 423 g/mol. The van der Waals surface area contributed by atoms with Crippen LogP contribution in [-0.2, 0) is 27.4 Å². The second-order valence-corrected chi connectivity index (χ2v) is 8.00. The van der Waals surface area contributed by atoms with Gasteiger partial charge in [-0.3, -0.25) is 4.79 Å². The summed E-state index contributed by atoms with van der Waals surface area (Å²) < 4.78 is 18.8. The van der Waals surface area contributed by atoms with E-state index in [9.17, 15) is 4.79 Å². The van der Waals surface area contributed by atoms with Gasteiger partial charge in [0.2, 0.25) is 0 Å². The summed E-state index contributed by atoms with van der Waals surface area (Å²) in [5.41, 5.74) is 4.69. The van der Waals surface area contributed by atoms with Gasteiger partial charge in [0, 0.05) is 36.2 Å². The van der Waals surface area contributed by atoms with Gasteiger partial charge in [0.05, 0.1) is 26.9 Å². The maximum atomic E-state index is 12.5. The number of fused-ring (bicyclic) bond motifs is 1. The van der Waals surface area contributed by atoms with Gasteiger partial charge in [0.15, 0.2) is 0 Å². The molecule has 0 N–H and O–H groups in total. The zero-order valence-electron chi connectivity index (χ0n) is 18.5. The number of nitrogens with zero attached hydrogens (tertiary/aromatic N) is 2. The first-order valence-electron chi connectivity index (χ1n) is 10.7. The molecule has 31 heavy (non-hydrogen) atoms. The number of hydrogen-bond acceptors (Lipinski definition) is 4. The van der Waals surface area contributed by atoms with Gasteiger partial charge in [0.1, 0.15) is 11.9 Å². The van der Waals surface area contributed by atoms with Crippen LogP contribution in [0.1, 0.15) is 23.7 Å². The minimum atomic E-state index is -0.455. The number of methoxy groups -OCH3 is 1. The Balaban J connectivity index is 1.37. The molecule has 164 valence electrons. The summed E-state index contributed by atoms with van der Waals surface area (Å²) in [5.74, 6) is 0.904. The Labute approximate surface area is 183 Å². The molecule has 1 fully saturated rings. The van der Waals surface area contributed by atoms with E-state index in [1.165, 1.54) is 22.2 Å². The van der Waals surface area contributed by atoms with Crippen LogP contribution >= 0.6 is 0 Å². The second-order valence-electron chi connectivity index (χ2n) is 8.00. The molecule has 0 unspecified atom stereocenters. The molecule has 1 amide bonds. The van der Waals surface area contributed by atoms with E-state index in [2.05, 4.69) is 54.0 Å². The van der Waals surface area contributed by atoms with Crippen LogP contribution < -0.4 is 4.74 Å². The summed E-state index contributed by atoms with van der Waals surface area (Å²) in [6.07, 6.45) is -0.455. The number of carbonyl (C=O) groups excluding carboxylic acids is 1. The van der Waals surface area contributed by atoms with Crippen molar-refractivity contribution in [2.45, 2.75) is 33.1 Å². The molecular weight excluding hydrogens is 392 g/mol. The number of carbonyl (C=O) groups is 1. The zero-order chi connectivity index (χ0) is 21.8. The minimum absolute atomic E-state index is 0.0338. The van der Waals surface area contributed by atoms with Crippen LogP contribution in [0.5, 0.6) is 5.75 Å². The molecule has 6 nitrogen and oxygen atoms in total. The Morgan fingerprint density at radius 1 is 1.06 bits per heavy atom. The predicted molar refractivity (Wildman–Crippen MR) is 120 cm³/mol. The molecule has 0 saturated carbocycles. The molecule has 0 aliphatic carbocycles. The first-order valence-corrected chi connectivity index (χ1v) is 10.7. The van der Waals surface area contributed by atoms with Crippen molar-refractivity contribution in [3.05, 3.63) is 65.4 Å². The van der Waals surface area contributed by atoms with Crippen molar-refractivity contribution in [2.24, 2.45) is 0 Å². The molecule has 0 radical (unpaired) electrons. The number of morpholine rings is 1. The van der Waals surface area contributed by atoms with Gasteiger partial charge in [0.25, 0.3) is 5.91 Å². The smallest absolute Gasteiger partial charge is 0.251 e. The molecule has 1 aliphatic rings. The summed E-state index contributed by atoms with van der Waals surface area (Å²) in [7, 11) is 1.69. The number of ether oxygens (including phenoxy) is 3. The van der Waals surface area contributed by atoms with Crippen LogP contribution in [0.25, 0.3) is 10.9 Å². The van der Waals surface area contributed by atoms with E-state index in [4.69, 9.17) is 14.2 Å². The lowest BCUT2D eigenvalue weighted by molar-refractivity contribution is -0.147. The molecule has 2 aromatic carbocycles. The summed E-state index contributed by atoms with van der Waals surface area (Å²) >= 11 is 0. The largest absolute Gasteiger partial charge is 0.497 e. The van der Waals surface area contributed by atoms with E-state index in [1.807, 2.05) is 17.9 Å². The van der Waals surface area contributed by atoms with Crippen molar-refractivity contribution < 1.29 is 19.0 Å². The van der Waals surface area contributed by atoms with E-state index >= 15 is 0 Å². The van der Waals surface area contributed by atoms with Gasteiger partial charge < -0.3 is 23.7 Å². The number of rotatable bonds is 7. The lowest BCUT2D eigenvalue weighted by atomic mass is 10.1. The van der Waals surface area contributed by atoms with Crippen molar-refractivity contribution in [1.82, 2.24) is 9.47 Å². The maximum Gasteiger partial charge on any atom is 0.251 e. The zero-order valence-corrected chi connectivity index (χ0v) is 18.5. The fourth-order valence-corrected chi connectivity index (χ4v) is 3.98. The van der Waals surface area contributed by atoms with Crippen molar-refractivity contribution in [1.29, 1.82) is 0 Å². The number of aryl methyl sites for hydroxylation is 1. The van der Waals surface area contributed by atoms with Crippen molar-refractivity contribution in [2.75, 3.05) is 33.4 Å². The lowest BCUT2D eigenvalue weighted by Crippen LogP contribution is -2.45. The van der Waals surface area contributed by atoms with E-state index in [1.54, 1.807) is 7.11 Å². The van der Waals surface area contributed by atoms with Crippen LogP contribution in [0.15, 0.2) is 48.5 Å². The number of aromatic nitrogens is 1. The van der Waals surface area contributed by atoms with Gasteiger partial charge >= 0.3 is 0 Å². The highest BCUT2D eigenvalue weighted by Gasteiger charge is 2.22. The third-order valence-electron chi connectivity index (χ3n) is 5.85. The van der Waals surface area contributed by atoms with Crippen molar-refractivity contribution >= 4 is 16.8 Å². The fraction of sp³-hybridized carbons (Fsp3) is 0.400.